The van der Waals surface area contributed by atoms with E-state index in [-0.39, 0.29) is 25.5 Å². The van der Waals surface area contributed by atoms with E-state index in [1.165, 1.54) is 0 Å². The number of furan rings is 1. The Balaban J connectivity index is 0.000000241. The number of benzene rings is 3. The number of aryl methyl sites for hydroxylation is 1. The zero-order valence-electron chi connectivity index (χ0n) is 25.9. The van der Waals surface area contributed by atoms with Gasteiger partial charge in [0.2, 0.25) is 5.71 Å². The first-order valence-corrected chi connectivity index (χ1v) is 14.9. The van der Waals surface area contributed by atoms with Gasteiger partial charge in [-0.15, -0.1) is 54.1 Å². The van der Waals surface area contributed by atoms with Crippen LogP contribution in [0.2, 0.25) is 0 Å². The van der Waals surface area contributed by atoms with E-state index in [2.05, 4.69) is 77.8 Å². The second kappa shape index (κ2) is 12.8. The van der Waals surface area contributed by atoms with Crippen molar-refractivity contribution in [3.8, 4) is 28.3 Å². The summed E-state index contributed by atoms with van der Waals surface area (Å²) >= 11 is 0. The van der Waals surface area contributed by atoms with Crippen molar-refractivity contribution in [2.75, 3.05) is 0 Å². The number of aromatic nitrogens is 5. The minimum absolute atomic E-state index is 0. The fourth-order valence-corrected chi connectivity index (χ4v) is 5.32. The van der Waals surface area contributed by atoms with Crippen molar-refractivity contribution in [3.63, 3.8) is 0 Å². The molecule has 0 N–H and O–H groups in total. The van der Waals surface area contributed by atoms with E-state index in [1.807, 2.05) is 85.8 Å². The first-order valence-electron chi connectivity index (χ1n) is 14.9. The van der Waals surface area contributed by atoms with E-state index >= 15 is 0 Å². The standard InChI is InChI=1S/C28H23N4O.C11H8N.Ir/c1-17-13-14-20-19-11-8-12-21(24(19)33-27(20)29-17)25-30-22-15-16-23(28(2,3)4)31-26(22)32(25)18-9-6-5-7-10-18;1-2-6-10(7-3-1)11-8-4-5-9-12-11;/h5-11,13-16H,1-4H3;1-6,8-9H;/q2*-1;. The molecule has 5 heterocycles. The first kappa shape index (κ1) is 31.0. The number of nitrogens with zero attached hydrogens (tertiary/aromatic N) is 5. The molecule has 0 saturated carbocycles. The van der Waals surface area contributed by atoms with Gasteiger partial charge >= 0.3 is 0 Å². The molecule has 0 fully saturated rings. The third-order valence-corrected chi connectivity index (χ3v) is 7.60. The van der Waals surface area contributed by atoms with Crippen LogP contribution in [0.1, 0.15) is 32.2 Å². The van der Waals surface area contributed by atoms with Crippen molar-refractivity contribution in [2.24, 2.45) is 0 Å². The summed E-state index contributed by atoms with van der Waals surface area (Å²) in [6.45, 7) is 8.47. The van der Waals surface area contributed by atoms with Crippen LogP contribution in [-0.2, 0) is 25.5 Å². The van der Waals surface area contributed by atoms with Crippen LogP contribution in [-0.4, -0.2) is 24.5 Å². The van der Waals surface area contributed by atoms with Gasteiger partial charge < -0.3 is 14.0 Å². The Bertz CT molecular complexity index is 2220. The maximum Gasteiger partial charge on any atom is 0.216 e. The van der Waals surface area contributed by atoms with Crippen LogP contribution in [0.5, 0.6) is 0 Å². The molecule has 8 aromatic rings. The topological polar surface area (TPSA) is 69.6 Å². The Morgan fingerprint density at radius 3 is 2.26 bits per heavy atom. The summed E-state index contributed by atoms with van der Waals surface area (Å²) in [6.07, 6.45) is 1.79. The van der Waals surface area contributed by atoms with Crippen LogP contribution in [0.3, 0.4) is 0 Å². The molecule has 0 atom stereocenters. The molecule has 5 aromatic heterocycles. The summed E-state index contributed by atoms with van der Waals surface area (Å²) in [6, 6.07) is 42.5. The Labute approximate surface area is 281 Å². The van der Waals surface area contributed by atoms with Gasteiger partial charge in [0, 0.05) is 54.2 Å². The predicted molar refractivity (Wildman–Crippen MR) is 180 cm³/mol. The average Bonchev–Trinajstić information content (AvgIpc) is 3.63. The third-order valence-electron chi connectivity index (χ3n) is 7.60. The minimum Gasteiger partial charge on any atom is -0.486 e. The quantitative estimate of drug-likeness (QED) is 0.167. The molecule has 0 spiro atoms. The average molecular weight is 778 g/mol. The van der Waals surface area contributed by atoms with E-state index in [9.17, 15) is 0 Å². The summed E-state index contributed by atoms with van der Waals surface area (Å²) in [5.74, 6) is 0.746. The minimum atomic E-state index is -0.0749. The molecule has 229 valence electrons. The Kier molecular flexibility index (Phi) is 8.63. The van der Waals surface area contributed by atoms with Crippen LogP contribution in [0.4, 0.5) is 0 Å². The summed E-state index contributed by atoms with van der Waals surface area (Å²) in [4.78, 5) is 18.9. The van der Waals surface area contributed by atoms with Gasteiger partial charge in [-0.05, 0) is 55.1 Å². The smallest absolute Gasteiger partial charge is 0.216 e. The molecule has 6 nitrogen and oxygen atoms in total. The molecule has 0 amide bonds. The van der Waals surface area contributed by atoms with Crippen LogP contribution < -0.4 is 0 Å². The maximum atomic E-state index is 6.27. The van der Waals surface area contributed by atoms with E-state index in [0.717, 1.165) is 67.2 Å². The molecule has 8 rings (SSSR count). The molecule has 3 aromatic carbocycles. The molecule has 0 aliphatic rings. The maximum absolute atomic E-state index is 6.27. The van der Waals surface area contributed by atoms with Crippen molar-refractivity contribution < 1.29 is 24.5 Å². The van der Waals surface area contributed by atoms with E-state index < -0.39 is 0 Å². The predicted octanol–water partition coefficient (Wildman–Crippen LogP) is 9.33. The first-order chi connectivity index (χ1) is 21.9. The van der Waals surface area contributed by atoms with E-state index in [4.69, 9.17) is 14.4 Å². The van der Waals surface area contributed by atoms with Crippen LogP contribution in [0.25, 0.3) is 61.6 Å². The fourth-order valence-electron chi connectivity index (χ4n) is 5.32. The largest absolute Gasteiger partial charge is 0.486 e. The van der Waals surface area contributed by atoms with Gasteiger partial charge in [-0.25, -0.2) is 9.97 Å². The zero-order valence-corrected chi connectivity index (χ0v) is 28.3. The molecule has 0 aliphatic carbocycles. The molecule has 0 aliphatic heterocycles. The van der Waals surface area contributed by atoms with Crippen molar-refractivity contribution >= 4 is 33.2 Å². The van der Waals surface area contributed by atoms with Crippen molar-refractivity contribution in [3.05, 3.63) is 139 Å². The molecule has 0 bridgehead atoms. The molecule has 0 unspecified atom stereocenters. The van der Waals surface area contributed by atoms with Gasteiger partial charge in [0.25, 0.3) is 0 Å². The number of imidazole rings is 1. The zero-order chi connectivity index (χ0) is 31.0. The van der Waals surface area contributed by atoms with Crippen LogP contribution in [0, 0.1) is 19.1 Å². The number of fused-ring (bicyclic) bond motifs is 4. The normalized spacial score (nSPS) is 11.3. The summed E-state index contributed by atoms with van der Waals surface area (Å²) in [5.41, 5.74) is 8.66. The van der Waals surface area contributed by atoms with E-state index in [1.54, 1.807) is 6.20 Å². The van der Waals surface area contributed by atoms with E-state index in [0.29, 0.717) is 5.71 Å². The Morgan fingerprint density at radius 1 is 0.717 bits per heavy atom. The van der Waals surface area contributed by atoms with Gasteiger partial charge in [-0.3, -0.25) is 4.98 Å². The van der Waals surface area contributed by atoms with Gasteiger partial charge in [0.15, 0.2) is 5.65 Å². The number of pyridine rings is 3. The fraction of sp³-hybridized carbons (Fsp3) is 0.128. The molecular weight excluding hydrogens is 747 g/mol. The van der Waals surface area contributed by atoms with Crippen LogP contribution >= 0.6 is 0 Å². The number of hydrogen-bond donors (Lipinski definition) is 0. The van der Waals surface area contributed by atoms with Gasteiger partial charge in [-0.2, -0.15) is 0 Å². The second-order valence-corrected chi connectivity index (χ2v) is 11.9. The van der Waals surface area contributed by atoms with Gasteiger partial charge in [0.1, 0.15) is 0 Å². The number of hydrogen-bond acceptors (Lipinski definition) is 5. The molecular formula is C39H31IrN5O-2. The Morgan fingerprint density at radius 2 is 1.52 bits per heavy atom. The van der Waals surface area contributed by atoms with Gasteiger partial charge in [-0.1, -0.05) is 62.1 Å². The Hall–Kier alpha value is -4.97. The second-order valence-electron chi connectivity index (χ2n) is 11.9. The van der Waals surface area contributed by atoms with Gasteiger partial charge in [0.05, 0.1) is 16.9 Å². The molecule has 1 radical (unpaired) electrons. The summed E-state index contributed by atoms with van der Waals surface area (Å²) < 4.78 is 8.37. The van der Waals surface area contributed by atoms with Crippen molar-refractivity contribution in [1.82, 2.24) is 24.5 Å². The van der Waals surface area contributed by atoms with Crippen LogP contribution in [0.15, 0.2) is 120 Å². The molecule has 7 heteroatoms. The molecule has 0 saturated heterocycles. The SMILES string of the molecule is Cc1ccc2c(n1)oc1c(-c3nc4ccc(C(C)(C)C)nc4n3-c3ccccc3)[c-]ccc12.[Ir].[c-]1ccccc1-c1ccccn1. The number of rotatable bonds is 3. The van der Waals surface area contributed by atoms with Crippen molar-refractivity contribution in [2.45, 2.75) is 33.1 Å². The third kappa shape index (κ3) is 6.00. The van der Waals surface area contributed by atoms with Crippen molar-refractivity contribution in [1.29, 1.82) is 0 Å². The molecule has 46 heavy (non-hydrogen) atoms. The summed E-state index contributed by atoms with van der Waals surface area (Å²) in [7, 11) is 0. The number of para-hydroxylation sites is 1. The monoisotopic (exact) mass is 778 g/mol. The summed E-state index contributed by atoms with van der Waals surface area (Å²) in [5, 5.41) is 1.99.